The number of carbonyl (C=O) groups excluding carboxylic acids is 3. The van der Waals surface area contributed by atoms with E-state index in [-0.39, 0.29) is 22.9 Å². The number of hydrogen-bond acceptors (Lipinski definition) is 9. The smallest absolute Gasteiger partial charge is 0.425 e. The Morgan fingerprint density at radius 3 is 1.90 bits per heavy atom. The molecule has 2 heterocycles. The summed E-state index contributed by atoms with van der Waals surface area (Å²) in [6.45, 7) is 17.0. The zero-order chi connectivity index (χ0) is 29.5. The van der Waals surface area contributed by atoms with Gasteiger partial charge < -0.3 is 14.2 Å². The van der Waals surface area contributed by atoms with Crippen LogP contribution in [0.3, 0.4) is 0 Å². The lowest BCUT2D eigenvalue weighted by Crippen LogP contribution is -2.45. The number of imide groups is 1. The molecule has 0 aliphatic rings. The van der Waals surface area contributed by atoms with Crippen molar-refractivity contribution < 1.29 is 28.6 Å². The predicted octanol–water partition coefficient (Wildman–Crippen LogP) is 5.06. The lowest BCUT2D eigenvalue weighted by atomic mass is 10.1. The molecule has 0 saturated heterocycles. The van der Waals surface area contributed by atoms with Crippen molar-refractivity contribution in [3.63, 3.8) is 0 Å². The van der Waals surface area contributed by atoms with Crippen molar-refractivity contribution in [2.75, 3.05) is 4.90 Å². The molecule has 0 saturated carbocycles. The van der Waals surface area contributed by atoms with Crippen LogP contribution in [0.5, 0.6) is 0 Å². The zero-order valence-electron chi connectivity index (χ0n) is 24.1. The number of amides is 2. The molecule has 0 fully saturated rings. The number of benzene rings is 1. The fourth-order valence-electron chi connectivity index (χ4n) is 3.41. The Kier molecular flexibility index (Phi) is 7.83. The molecule has 2 radical (unpaired) electrons. The van der Waals surface area contributed by atoms with Crippen LogP contribution >= 0.6 is 0 Å². The molecule has 3 aromatic rings. The highest BCUT2D eigenvalue weighted by molar-refractivity contribution is 6.30. The minimum absolute atomic E-state index is 0.0407. The van der Waals surface area contributed by atoms with E-state index in [1.165, 1.54) is 10.8 Å². The van der Waals surface area contributed by atoms with Crippen LogP contribution in [0.25, 0.3) is 22.6 Å². The van der Waals surface area contributed by atoms with E-state index < -0.39 is 35.1 Å². The number of ether oxygens (including phenoxy) is 3. The molecule has 0 atom stereocenters. The molecule has 0 bridgehead atoms. The number of imidazole rings is 1. The van der Waals surface area contributed by atoms with E-state index >= 15 is 0 Å². The van der Waals surface area contributed by atoms with Gasteiger partial charge in [-0.1, -0.05) is 6.07 Å². The molecule has 0 spiro atoms. The Bertz CT molecular complexity index is 1400. The van der Waals surface area contributed by atoms with E-state index in [0.29, 0.717) is 15.9 Å². The second-order valence-corrected chi connectivity index (χ2v) is 12.0. The lowest BCUT2D eigenvalue weighted by molar-refractivity contribution is 0.0427. The molecule has 1 aromatic carbocycles. The number of nitrogens with zero attached hydrogens (tertiary/aromatic N) is 5. The zero-order valence-corrected chi connectivity index (χ0v) is 24.1. The van der Waals surface area contributed by atoms with Crippen LogP contribution in [0.2, 0.25) is 0 Å². The summed E-state index contributed by atoms with van der Waals surface area (Å²) in [6, 6.07) is 5.32. The van der Waals surface area contributed by atoms with Crippen LogP contribution in [0.1, 0.15) is 67.9 Å². The van der Waals surface area contributed by atoms with E-state index in [0.717, 1.165) is 5.56 Å². The normalized spacial score (nSPS) is 12.3. The number of hydrogen-bond donors (Lipinski definition) is 0. The molecule has 2 amide bonds. The van der Waals surface area contributed by atoms with Crippen molar-refractivity contribution in [3.05, 3.63) is 30.0 Å². The molecular weight excluding hydrogens is 501 g/mol. The summed E-state index contributed by atoms with van der Waals surface area (Å²) >= 11 is 0. The first-order valence-corrected chi connectivity index (χ1v) is 12.4. The van der Waals surface area contributed by atoms with Crippen molar-refractivity contribution in [1.82, 2.24) is 19.5 Å². The summed E-state index contributed by atoms with van der Waals surface area (Å²) in [5.41, 5.74) is -1.19. The van der Waals surface area contributed by atoms with Gasteiger partial charge in [0.1, 0.15) is 30.3 Å². The SMILES string of the molecule is [B]c1cnc(N(C(=O)OC(C)(C)C)C(=O)OC(C)(C)C)c(-c2nc3ccc(C)cc3n2C(=O)OC(C)(C)C)n1. The summed E-state index contributed by atoms with van der Waals surface area (Å²) in [5.74, 6) is -0.332. The predicted molar refractivity (Wildman–Crippen MR) is 147 cm³/mol. The van der Waals surface area contributed by atoms with Crippen molar-refractivity contribution in [2.45, 2.75) is 86.0 Å². The Morgan fingerprint density at radius 2 is 1.38 bits per heavy atom. The Hall–Kier alpha value is -3.96. The second-order valence-electron chi connectivity index (χ2n) is 12.0. The summed E-state index contributed by atoms with van der Waals surface area (Å²) in [7, 11) is 5.99. The number of anilines is 1. The van der Waals surface area contributed by atoms with Gasteiger partial charge in [0.05, 0.1) is 11.0 Å². The van der Waals surface area contributed by atoms with Gasteiger partial charge in [0.25, 0.3) is 0 Å². The van der Waals surface area contributed by atoms with E-state index in [2.05, 4.69) is 15.0 Å². The number of fused-ring (bicyclic) bond motifs is 1. The maximum absolute atomic E-state index is 13.5. The first kappa shape index (κ1) is 29.6. The fraction of sp³-hybridized carbons (Fsp3) is 0.481. The van der Waals surface area contributed by atoms with Gasteiger partial charge in [0, 0.05) is 11.8 Å². The van der Waals surface area contributed by atoms with Crippen LogP contribution in [-0.2, 0) is 14.2 Å². The molecule has 0 aliphatic carbocycles. The quantitative estimate of drug-likeness (QED) is 0.327. The number of aryl methyl sites for hydroxylation is 1. The molecular formula is C27H34BN5O6. The van der Waals surface area contributed by atoms with Crippen molar-refractivity contribution >= 4 is 48.6 Å². The lowest BCUT2D eigenvalue weighted by Gasteiger charge is -2.28. The summed E-state index contributed by atoms with van der Waals surface area (Å²) < 4.78 is 17.9. The van der Waals surface area contributed by atoms with Gasteiger partial charge in [-0.25, -0.2) is 28.9 Å². The molecule has 0 unspecified atom stereocenters. The second kappa shape index (κ2) is 10.3. The Balaban J connectivity index is 2.34. The van der Waals surface area contributed by atoms with Gasteiger partial charge in [-0.05, 0) is 86.9 Å². The van der Waals surface area contributed by atoms with Gasteiger partial charge in [0.15, 0.2) is 11.6 Å². The van der Waals surface area contributed by atoms with Gasteiger partial charge in [0.2, 0.25) is 0 Å². The molecule has 2 aromatic heterocycles. The average molecular weight is 535 g/mol. The largest absolute Gasteiger partial charge is 0.443 e. The number of rotatable bonds is 2. The van der Waals surface area contributed by atoms with Gasteiger partial charge >= 0.3 is 18.3 Å². The van der Waals surface area contributed by atoms with Crippen molar-refractivity contribution in [3.8, 4) is 11.5 Å². The van der Waals surface area contributed by atoms with Crippen molar-refractivity contribution in [1.29, 1.82) is 0 Å². The number of aromatic nitrogens is 4. The standard InChI is InChI=1S/C27H34BN5O6/c1-15-11-12-16-17(13-15)32(22(34)37-25(2,3)4)21(30-16)19-20(29-14-18(28)31-19)33(23(35)38-26(5,6)7)24(36)39-27(8,9)10/h11-14H,1-10H3. The van der Waals surface area contributed by atoms with E-state index in [1.807, 2.05) is 13.0 Å². The Morgan fingerprint density at radius 1 is 0.846 bits per heavy atom. The van der Waals surface area contributed by atoms with Gasteiger partial charge in [-0.15, -0.1) is 0 Å². The minimum Gasteiger partial charge on any atom is -0.443 e. The molecule has 12 heteroatoms. The maximum Gasteiger partial charge on any atom is 0.425 e. The molecule has 0 N–H and O–H groups in total. The van der Waals surface area contributed by atoms with E-state index in [1.54, 1.807) is 74.4 Å². The maximum atomic E-state index is 13.5. The highest BCUT2D eigenvalue weighted by Crippen LogP contribution is 2.32. The average Bonchev–Trinajstić information content (AvgIpc) is 3.09. The van der Waals surface area contributed by atoms with Crippen molar-refractivity contribution in [2.24, 2.45) is 0 Å². The van der Waals surface area contributed by atoms with Crippen LogP contribution in [-0.4, -0.2) is 62.4 Å². The first-order chi connectivity index (χ1) is 17.8. The van der Waals surface area contributed by atoms with Crippen LogP contribution in [0, 0.1) is 6.92 Å². The highest BCUT2D eigenvalue weighted by Gasteiger charge is 2.37. The monoisotopic (exact) mass is 535 g/mol. The third kappa shape index (κ3) is 7.33. The molecule has 3 rings (SSSR count). The van der Waals surface area contributed by atoms with Crippen LogP contribution in [0.15, 0.2) is 24.4 Å². The minimum atomic E-state index is -1.06. The van der Waals surface area contributed by atoms with E-state index in [4.69, 9.17) is 22.1 Å². The Labute approximate surface area is 229 Å². The first-order valence-electron chi connectivity index (χ1n) is 12.4. The summed E-state index contributed by atoms with van der Waals surface area (Å²) in [5, 5.41) is 0. The third-order valence-corrected chi connectivity index (χ3v) is 4.73. The fourth-order valence-corrected chi connectivity index (χ4v) is 3.41. The summed E-state index contributed by atoms with van der Waals surface area (Å²) in [4.78, 5) is 54.0. The third-order valence-electron chi connectivity index (χ3n) is 4.73. The van der Waals surface area contributed by atoms with Gasteiger partial charge in [-0.2, -0.15) is 4.90 Å². The molecule has 11 nitrogen and oxygen atoms in total. The van der Waals surface area contributed by atoms with E-state index in [9.17, 15) is 14.4 Å². The van der Waals surface area contributed by atoms with Gasteiger partial charge in [-0.3, -0.25) is 4.98 Å². The molecule has 39 heavy (non-hydrogen) atoms. The molecule has 0 aliphatic heterocycles. The molecule has 206 valence electrons. The topological polar surface area (TPSA) is 126 Å². The van der Waals surface area contributed by atoms with Crippen LogP contribution in [0.4, 0.5) is 20.2 Å². The van der Waals surface area contributed by atoms with Crippen LogP contribution < -0.4 is 10.5 Å². The summed E-state index contributed by atoms with van der Waals surface area (Å²) in [6.07, 6.45) is -1.70. The highest BCUT2D eigenvalue weighted by atomic mass is 16.6. The number of carbonyl (C=O) groups is 3.